The first-order chi connectivity index (χ1) is 13.1. The van der Waals surface area contributed by atoms with E-state index in [2.05, 4.69) is 9.97 Å². The molecule has 2 aromatic heterocycles. The van der Waals surface area contributed by atoms with E-state index in [1.54, 1.807) is 24.6 Å². The number of aryl methyl sites for hydroxylation is 1. The van der Waals surface area contributed by atoms with Crippen LogP contribution in [0.2, 0.25) is 0 Å². The molecule has 4 nitrogen and oxygen atoms in total. The van der Waals surface area contributed by atoms with Crippen LogP contribution in [0, 0.1) is 6.92 Å². The first-order valence-corrected chi connectivity index (χ1v) is 9.44. The Labute approximate surface area is 161 Å². The van der Waals surface area contributed by atoms with Crippen molar-refractivity contribution in [3.05, 3.63) is 77.5 Å². The number of hydrogen-bond donors (Lipinski definition) is 0. The number of ether oxygens (including phenoxy) is 1. The third-order valence-corrected chi connectivity index (χ3v) is 5.45. The highest BCUT2D eigenvalue weighted by atomic mass is 32.1. The molecule has 0 bridgehead atoms. The summed E-state index contributed by atoms with van der Waals surface area (Å²) < 4.78 is 6.42. The van der Waals surface area contributed by atoms with Gasteiger partial charge in [-0.3, -0.25) is 4.79 Å². The van der Waals surface area contributed by atoms with E-state index in [0.717, 1.165) is 32.0 Å². The van der Waals surface area contributed by atoms with Gasteiger partial charge in [-0.25, -0.2) is 9.97 Å². The van der Waals surface area contributed by atoms with Gasteiger partial charge in [0.2, 0.25) is 0 Å². The van der Waals surface area contributed by atoms with Crippen LogP contribution in [0.15, 0.2) is 60.8 Å². The molecule has 27 heavy (non-hydrogen) atoms. The summed E-state index contributed by atoms with van der Waals surface area (Å²) in [5.41, 5.74) is 4.44. The van der Waals surface area contributed by atoms with Gasteiger partial charge in [-0.1, -0.05) is 30.3 Å². The Bertz CT molecular complexity index is 1080. The Kier molecular flexibility index (Phi) is 4.69. The maximum Gasteiger partial charge on any atom is 0.170 e. The van der Waals surface area contributed by atoms with Gasteiger partial charge in [0.15, 0.2) is 11.4 Å². The minimum atomic E-state index is 0.0452. The second-order valence-corrected chi connectivity index (χ2v) is 7.38. The summed E-state index contributed by atoms with van der Waals surface area (Å²) in [6, 6.07) is 17.6. The number of benzene rings is 2. The Morgan fingerprint density at radius 3 is 2.67 bits per heavy atom. The lowest BCUT2D eigenvalue weighted by Crippen LogP contribution is -2.06. The highest BCUT2D eigenvalue weighted by Crippen LogP contribution is 2.29. The quantitative estimate of drug-likeness (QED) is 0.456. The number of nitrogens with zero attached hydrogens (tertiary/aromatic N) is 2. The number of ketones is 1. The SMILES string of the molecule is COc1cc(C)ccc1C(=O)Cc1ccc(-c2nc3ncccc3s2)cc1. The van der Waals surface area contributed by atoms with Crippen molar-refractivity contribution in [3.63, 3.8) is 0 Å². The predicted octanol–water partition coefficient (Wildman–Crippen LogP) is 5.10. The van der Waals surface area contributed by atoms with Crippen LogP contribution in [-0.2, 0) is 6.42 Å². The maximum atomic E-state index is 12.7. The van der Waals surface area contributed by atoms with Crippen LogP contribution in [0.4, 0.5) is 0 Å². The standard InChI is InChI=1S/C22H18N2O2S/c1-14-5-10-17(19(12-14)26-2)18(25)13-15-6-8-16(9-7-15)22-24-21-20(27-22)4-3-11-23-21/h3-12H,13H2,1-2H3. The van der Waals surface area contributed by atoms with Crippen LogP contribution in [0.1, 0.15) is 21.5 Å². The van der Waals surface area contributed by atoms with Gasteiger partial charge < -0.3 is 4.74 Å². The molecular formula is C22H18N2O2S. The number of pyridine rings is 1. The molecule has 0 unspecified atom stereocenters. The van der Waals surface area contributed by atoms with E-state index >= 15 is 0 Å². The predicted molar refractivity (Wildman–Crippen MR) is 109 cm³/mol. The summed E-state index contributed by atoms with van der Waals surface area (Å²) in [6.07, 6.45) is 2.08. The van der Waals surface area contributed by atoms with Crippen molar-refractivity contribution in [1.82, 2.24) is 9.97 Å². The Balaban J connectivity index is 1.55. The number of aromatic nitrogens is 2. The topological polar surface area (TPSA) is 52.1 Å². The minimum absolute atomic E-state index is 0.0452. The van der Waals surface area contributed by atoms with Gasteiger partial charge in [-0.05, 0) is 42.3 Å². The fourth-order valence-electron chi connectivity index (χ4n) is 2.97. The molecule has 0 aliphatic rings. The third-order valence-electron chi connectivity index (χ3n) is 4.39. The van der Waals surface area contributed by atoms with Crippen molar-refractivity contribution in [1.29, 1.82) is 0 Å². The van der Waals surface area contributed by atoms with E-state index in [9.17, 15) is 4.79 Å². The van der Waals surface area contributed by atoms with Crippen LogP contribution in [-0.4, -0.2) is 22.9 Å². The third kappa shape index (κ3) is 3.59. The minimum Gasteiger partial charge on any atom is -0.496 e. The zero-order valence-electron chi connectivity index (χ0n) is 15.1. The second-order valence-electron chi connectivity index (χ2n) is 6.34. The number of rotatable bonds is 5. The zero-order chi connectivity index (χ0) is 18.8. The molecule has 0 saturated carbocycles. The van der Waals surface area contributed by atoms with Crippen LogP contribution in [0.3, 0.4) is 0 Å². The largest absolute Gasteiger partial charge is 0.496 e. The fraction of sp³-hybridized carbons (Fsp3) is 0.136. The molecule has 0 spiro atoms. The first-order valence-electron chi connectivity index (χ1n) is 8.63. The van der Waals surface area contributed by atoms with Gasteiger partial charge in [0.25, 0.3) is 0 Å². The molecule has 0 radical (unpaired) electrons. The van der Waals surface area contributed by atoms with Gasteiger partial charge in [0, 0.05) is 18.2 Å². The molecule has 4 aromatic rings. The average molecular weight is 374 g/mol. The van der Waals surface area contributed by atoms with Gasteiger partial charge in [-0.2, -0.15) is 0 Å². The maximum absolute atomic E-state index is 12.7. The first kappa shape index (κ1) is 17.4. The lowest BCUT2D eigenvalue weighted by molar-refractivity contribution is 0.0990. The molecule has 0 amide bonds. The molecule has 4 rings (SSSR count). The summed E-state index contributed by atoms with van der Waals surface area (Å²) in [5.74, 6) is 0.669. The van der Waals surface area contributed by atoms with Gasteiger partial charge in [0.05, 0.1) is 17.4 Å². The Hall–Kier alpha value is -3.05. The van der Waals surface area contributed by atoms with E-state index in [1.165, 1.54) is 0 Å². The Morgan fingerprint density at radius 2 is 1.93 bits per heavy atom. The van der Waals surface area contributed by atoms with E-state index in [0.29, 0.717) is 17.7 Å². The van der Waals surface area contributed by atoms with E-state index in [-0.39, 0.29) is 5.78 Å². The summed E-state index contributed by atoms with van der Waals surface area (Å²) in [4.78, 5) is 21.5. The molecule has 2 aromatic carbocycles. The number of hydrogen-bond acceptors (Lipinski definition) is 5. The number of thiazole rings is 1. The van der Waals surface area contributed by atoms with Crippen LogP contribution >= 0.6 is 11.3 Å². The Morgan fingerprint density at radius 1 is 1.11 bits per heavy atom. The molecule has 0 fully saturated rings. The highest BCUT2D eigenvalue weighted by Gasteiger charge is 2.13. The molecule has 0 aliphatic carbocycles. The van der Waals surface area contributed by atoms with Crippen molar-refractivity contribution in [2.24, 2.45) is 0 Å². The summed E-state index contributed by atoms with van der Waals surface area (Å²) >= 11 is 1.62. The van der Waals surface area contributed by atoms with E-state index in [1.807, 2.05) is 61.5 Å². The molecule has 0 atom stereocenters. The number of Topliss-reactive ketones (excluding diaryl/α,β-unsaturated/α-hetero) is 1. The van der Waals surface area contributed by atoms with Crippen LogP contribution < -0.4 is 4.74 Å². The summed E-state index contributed by atoms with van der Waals surface area (Å²) in [7, 11) is 1.59. The van der Waals surface area contributed by atoms with E-state index < -0.39 is 0 Å². The smallest absolute Gasteiger partial charge is 0.170 e. The zero-order valence-corrected chi connectivity index (χ0v) is 15.9. The molecule has 0 saturated heterocycles. The van der Waals surface area contributed by atoms with Gasteiger partial charge in [-0.15, -0.1) is 11.3 Å². The molecule has 0 aliphatic heterocycles. The molecule has 0 N–H and O–H groups in total. The monoisotopic (exact) mass is 374 g/mol. The molecule has 5 heteroatoms. The molecular weight excluding hydrogens is 356 g/mol. The number of carbonyl (C=O) groups is 1. The van der Waals surface area contributed by atoms with Crippen LogP contribution in [0.25, 0.3) is 20.9 Å². The van der Waals surface area contributed by atoms with Gasteiger partial charge in [0.1, 0.15) is 10.8 Å². The molecule has 134 valence electrons. The fourth-order valence-corrected chi connectivity index (χ4v) is 3.90. The second kappa shape index (κ2) is 7.29. The average Bonchev–Trinajstić information content (AvgIpc) is 3.12. The van der Waals surface area contributed by atoms with Gasteiger partial charge >= 0.3 is 0 Å². The number of methoxy groups -OCH3 is 1. The van der Waals surface area contributed by atoms with Crippen molar-refractivity contribution in [2.45, 2.75) is 13.3 Å². The van der Waals surface area contributed by atoms with Crippen molar-refractivity contribution in [2.75, 3.05) is 7.11 Å². The summed E-state index contributed by atoms with van der Waals surface area (Å²) in [6.45, 7) is 1.98. The lowest BCUT2D eigenvalue weighted by Gasteiger charge is -2.09. The highest BCUT2D eigenvalue weighted by molar-refractivity contribution is 7.21. The van der Waals surface area contributed by atoms with Crippen molar-refractivity contribution in [3.8, 4) is 16.3 Å². The number of fused-ring (bicyclic) bond motifs is 1. The van der Waals surface area contributed by atoms with Crippen LogP contribution in [0.5, 0.6) is 5.75 Å². The van der Waals surface area contributed by atoms with Crippen molar-refractivity contribution < 1.29 is 9.53 Å². The summed E-state index contributed by atoms with van der Waals surface area (Å²) in [5, 5.41) is 0.932. The number of carbonyl (C=O) groups excluding carboxylic acids is 1. The van der Waals surface area contributed by atoms with E-state index in [4.69, 9.17) is 4.74 Å². The lowest BCUT2D eigenvalue weighted by atomic mass is 10.0. The molecule has 2 heterocycles. The normalized spacial score (nSPS) is 10.9. The van der Waals surface area contributed by atoms with Crippen molar-refractivity contribution >= 4 is 27.5 Å².